The second-order valence-corrected chi connectivity index (χ2v) is 27.0. The molecule has 0 N–H and O–H groups in total. The lowest BCUT2D eigenvalue weighted by atomic mass is 9.33. The summed E-state index contributed by atoms with van der Waals surface area (Å²) in [4.78, 5) is 7.81. The molecule has 0 atom stereocenters. The molecule has 3 nitrogen and oxygen atoms in total. The molecule has 0 amide bonds. The topological polar surface area (TPSA) is 9.72 Å². The van der Waals surface area contributed by atoms with E-state index < -0.39 is 0 Å². The predicted molar refractivity (Wildman–Crippen MR) is 337 cm³/mol. The van der Waals surface area contributed by atoms with Crippen LogP contribution in [0.5, 0.6) is 0 Å². The van der Waals surface area contributed by atoms with E-state index in [0.29, 0.717) is 0 Å². The molecule has 3 aliphatic rings. The molecule has 0 saturated heterocycles. The lowest BCUT2D eigenvalue weighted by molar-refractivity contribution is 0.332. The summed E-state index contributed by atoms with van der Waals surface area (Å²) >= 11 is 0. The number of hydrogen-bond acceptors (Lipinski definition) is 3. The van der Waals surface area contributed by atoms with Crippen LogP contribution in [0.1, 0.15) is 131 Å². The molecule has 0 bridgehead atoms. The van der Waals surface area contributed by atoms with Crippen LogP contribution in [0.4, 0.5) is 51.2 Å². The zero-order chi connectivity index (χ0) is 54.7. The van der Waals surface area contributed by atoms with Crippen molar-refractivity contribution < 1.29 is 0 Å². The minimum Gasteiger partial charge on any atom is -0.311 e. The van der Waals surface area contributed by atoms with Gasteiger partial charge in [-0.05, 0) is 180 Å². The quantitative estimate of drug-likeness (QED) is 0.147. The van der Waals surface area contributed by atoms with Crippen molar-refractivity contribution >= 4 is 74.3 Å². The molecule has 0 aromatic heterocycles. The van der Waals surface area contributed by atoms with Crippen molar-refractivity contribution in [1.82, 2.24) is 0 Å². The van der Waals surface area contributed by atoms with Gasteiger partial charge in [-0.15, -0.1) is 0 Å². The maximum atomic E-state index is 2.70. The molecule has 9 aromatic carbocycles. The van der Waals surface area contributed by atoms with Gasteiger partial charge in [0.1, 0.15) is 0 Å². The number of rotatable bonds is 7. The van der Waals surface area contributed by atoms with Crippen LogP contribution in [0.3, 0.4) is 0 Å². The third-order valence-electron chi connectivity index (χ3n) is 17.5. The van der Waals surface area contributed by atoms with Crippen molar-refractivity contribution in [2.75, 3.05) is 14.7 Å². The van der Waals surface area contributed by atoms with E-state index >= 15 is 0 Å². The Morgan fingerprint density at radius 3 is 1.49 bits per heavy atom. The van der Waals surface area contributed by atoms with Crippen LogP contribution in [-0.4, -0.2) is 6.71 Å². The Hall–Kier alpha value is -7.56. The van der Waals surface area contributed by atoms with Crippen LogP contribution in [0.15, 0.2) is 200 Å². The molecule has 2 aliphatic heterocycles. The number of nitrogens with zero attached hydrogens (tertiary/aromatic N) is 3. The maximum Gasteiger partial charge on any atom is 0.252 e. The van der Waals surface area contributed by atoms with Crippen molar-refractivity contribution in [3.05, 3.63) is 228 Å². The first-order valence-electron chi connectivity index (χ1n) is 28.5. The Balaban J connectivity index is 1.26. The van der Waals surface area contributed by atoms with E-state index in [0.717, 1.165) is 35.6 Å². The second-order valence-electron chi connectivity index (χ2n) is 27.0. The molecule has 78 heavy (non-hydrogen) atoms. The zero-order valence-electron chi connectivity index (χ0n) is 48.4. The molecule has 1 aliphatic carbocycles. The fraction of sp³-hybridized carbons (Fsp3) is 0.270. The van der Waals surface area contributed by atoms with Gasteiger partial charge in [-0.3, -0.25) is 0 Å². The first-order chi connectivity index (χ1) is 37.1. The van der Waals surface area contributed by atoms with E-state index in [1.165, 1.54) is 94.9 Å². The summed E-state index contributed by atoms with van der Waals surface area (Å²) in [7, 11) is 0. The van der Waals surface area contributed by atoms with Crippen LogP contribution in [0, 0.1) is 0 Å². The van der Waals surface area contributed by atoms with E-state index in [-0.39, 0.29) is 33.8 Å². The van der Waals surface area contributed by atoms with Crippen LogP contribution in [0.25, 0.3) is 22.3 Å². The van der Waals surface area contributed by atoms with E-state index in [9.17, 15) is 0 Å². The Morgan fingerprint density at radius 2 is 0.872 bits per heavy atom. The fourth-order valence-corrected chi connectivity index (χ4v) is 12.8. The van der Waals surface area contributed by atoms with Crippen molar-refractivity contribution in [1.29, 1.82) is 0 Å². The maximum absolute atomic E-state index is 2.70. The molecule has 390 valence electrons. The third kappa shape index (κ3) is 8.86. The summed E-state index contributed by atoms with van der Waals surface area (Å²) in [6.07, 6.45) is 2.27. The summed E-state index contributed by atoms with van der Waals surface area (Å²) in [6.45, 7) is 31.0. The zero-order valence-corrected chi connectivity index (χ0v) is 48.4. The molecule has 4 heteroatoms. The normalized spacial score (nSPS) is 15.3. The van der Waals surface area contributed by atoms with E-state index in [2.05, 4.69) is 305 Å². The monoisotopic (exact) mass is 1020 g/mol. The van der Waals surface area contributed by atoms with Gasteiger partial charge in [0, 0.05) is 45.4 Å². The van der Waals surface area contributed by atoms with Crippen LogP contribution < -0.4 is 31.1 Å². The van der Waals surface area contributed by atoms with E-state index in [1.54, 1.807) is 0 Å². The van der Waals surface area contributed by atoms with Crippen molar-refractivity contribution in [3.63, 3.8) is 0 Å². The summed E-state index contributed by atoms with van der Waals surface area (Å²) < 4.78 is 0. The van der Waals surface area contributed by atoms with Gasteiger partial charge in [0.05, 0.1) is 11.4 Å². The smallest absolute Gasteiger partial charge is 0.252 e. The first kappa shape index (κ1) is 51.2. The highest BCUT2D eigenvalue weighted by Crippen LogP contribution is 2.54. The van der Waals surface area contributed by atoms with Crippen LogP contribution >= 0.6 is 0 Å². The van der Waals surface area contributed by atoms with Crippen molar-refractivity contribution in [2.24, 2.45) is 0 Å². The van der Waals surface area contributed by atoms with Gasteiger partial charge in [-0.25, -0.2) is 0 Å². The molecular weight excluding hydrogens is 942 g/mol. The highest BCUT2D eigenvalue weighted by Gasteiger charge is 2.47. The number of fused-ring (bicyclic) bond motifs is 5. The summed E-state index contributed by atoms with van der Waals surface area (Å²) in [5.41, 5.74) is 26.0. The average molecular weight is 1020 g/mol. The molecule has 0 saturated carbocycles. The first-order valence-corrected chi connectivity index (χ1v) is 28.5. The Bertz CT molecular complexity index is 3720. The minimum atomic E-state index is -0.0907. The Kier molecular flexibility index (Phi) is 12.2. The lowest BCUT2D eigenvalue weighted by Crippen LogP contribution is -2.62. The van der Waals surface area contributed by atoms with Gasteiger partial charge in [0.2, 0.25) is 0 Å². The number of para-hydroxylation sites is 2. The van der Waals surface area contributed by atoms with Gasteiger partial charge in [0.25, 0.3) is 6.71 Å². The number of anilines is 9. The average Bonchev–Trinajstić information content (AvgIpc) is 3.61. The number of hydrogen-bond donors (Lipinski definition) is 0. The molecule has 0 spiro atoms. The Morgan fingerprint density at radius 1 is 0.372 bits per heavy atom. The van der Waals surface area contributed by atoms with Gasteiger partial charge in [-0.2, -0.15) is 0 Å². The lowest BCUT2D eigenvalue weighted by Gasteiger charge is -2.48. The third-order valence-corrected chi connectivity index (χ3v) is 17.5. The molecule has 0 radical (unpaired) electrons. The highest BCUT2D eigenvalue weighted by atomic mass is 15.2. The van der Waals surface area contributed by atoms with Gasteiger partial charge < -0.3 is 14.7 Å². The molecule has 12 rings (SSSR count). The molecular formula is C74H76BN3. The molecule has 0 unspecified atom stereocenters. The summed E-state index contributed by atoms with van der Waals surface area (Å²) in [6, 6.07) is 76.6. The highest BCUT2D eigenvalue weighted by molar-refractivity contribution is 7.00. The van der Waals surface area contributed by atoms with Crippen LogP contribution in [0.2, 0.25) is 0 Å². The van der Waals surface area contributed by atoms with Gasteiger partial charge in [-0.1, -0.05) is 211 Å². The standard InChI is InChI=1S/C74H76BN3/c1-70(2,3)52-29-24-34-57(42-52)77-65-44-54(72(7,8)9)35-37-62(65)75-63-47-60-61(74(12,13)40-39-73(60,10)11)48-66(63)78(68-46-58(45-67(77)69(68)75)76(55-30-19-15-20-31-55)56-32-21-16-22-33-56)64-38-36-53(71(4,5)6)43-59(64)51-28-23-27-50(41-51)49-25-17-14-18-26-49/h14-38,41-48H,39-40H2,1-13H3. The van der Waals surface area contributed by atoms with Crippen LogP contribution in [-0.2, 0) is 27.1 Å². The van der Waals surface area contributed by atoms with Crippen molar-refractivity contribution in [2.45, 2.75) is 130 Å². The largest absolute Gasteiger partial charge is 0.311 e. The second kappa shape index (κ2) is 18.5. The number of benzene rings is 9. The molecule has 0 fully saturated rings. The van der Waals surface area contributed by atoms with Gasteiger partial charge >= 0.3 is 0 Å². The van der Waals surface area contributed by atoms with E-state index in [1.807, 2.05) is 0 Å². The summed E-state index contributed by atoms with van der Waals surface area (Å²) in [5.74, 6) is 0. The molecule has 9 aromatic rings. The van der Waals surface area contributed by atoms with E-state index in [4.69, 9.17) is 0 Å². The molecule has 2 heterocycles. The van der Waals surface area contributed by atoms with Gasteiger partial charge in [0.15, 0.2) is 0 Å². The summed E-state index contributed by atoms with van der Waals surface area (Å²) in [5, 5.41) is 0. The Labute approximate surface area is 466 Å². The van der Waals surface area contributed by atoms with Crippen molar-refractivity contribution in [3.8, 4) is 22.3 Å². The predicted octanol–water partition coefficient (Wildman–Crippen LogP) is 18.8. The fourth-order valence-electron chi connectivity index (χ4n) is 12.8. The SMILES string of the molecule is CC(C)(C)c1cccc(N2c3cc(C(C)(C)C)ccc3B3c4cc5c(cc4N(c4ccc(C(C)(C)C)cc4-c4cccc(-c6ccccc6)c4)c4cc(N(c6ccccc6)c6ccccc6)cc2c43)C(C)(C)CCC5(C)C)c1. The minimum absolute atomic E-state index is 0.00599.